The number of rotatable bonds is 4. The molecule has 8 heteroatoms. The van der Waals surface area contributed by atoms with Crippen molar-refractivity contribution in [2.75, 3.05) is 31.0 Å². The summed E-state index contributed by atoms with van der Waals surface area (Å²) in [6, 6.07) is 12.5. The second-order valence-electron chi connectivity index (χ2n) is 5.52. The molecule has 1 heterocycles. The smallest absolute Gasteiger partial charge is 0.261 e. The van der Waals surface area contributed by atoms with Gasteiger partial charge in [-0.2, -0.15) is 0 Å². The Hall–Kier alpha value is -2.09. The van der Waals surface area contributed by atoms with Crippen LogP contribution in [0.25, 0.3) is 0 Å². The number of sulfonamides is 1. The number of benzene rings is 2. The third kappa shape index (κ3) is 4.12. The van der Waals surface area contributed by atoms with Gasteiger partial charge in [0.25, 0.3) is 15.9 Å². The summed E-state index contributed by atoms with van der Waals surface area (Å²) < 4.78 is 32.4. The van der Waals surface area contributed by atoms with Gasteiger partial charge in [-0.25, -0.2) is 8.42 Å². The monoisotopic (exact) mass is 380 g/mol. The van der Waals surface area contributed by atoms with Gasteiger partial charge in [-0.05, 0) is 30.3 Å². The highest BCUT2D eigenvalue weighted by molar-refractivity contribution is 7.92. The molecule has 3 rings (SSSR count). The van der Waals surface area contributed by atoms with Gasteiger partial charge in [0.1, 0.15) is 0 Å². The van der Waals surface area contributed by atoms with E-state index in [2.05, 4.69) is 4.72 Å². The van der Waals surface area contributed by atoms with Gasteiger partial charge >= 0.3 is 0 Å². The van der Waals surface area contributed by atoms with E-state index in [4.69, 9.17) is 16.3 Å². The number of hydrogen-bond donors (Lipinski definition) is 1. The molecule has 1 aliphatic heterocycles. The minimum atomic E-state index is -3.70. The molecule has 0 unspecified atom stereocenters. The zero-order valence-electron chi connectivity index (χ0n) is 13.3. The van der Waals surface area contributed by atoms with Crippen molar-refractivity contribution in [2.45, 2.75) is 4.90 Å². The third-order valence-electron chi connectivity index (χ3n) is 3.80. The topological polar surface area (TPSA) is 75.7 Å². The van der Waals surface area contributed by atoms with Gasteiger partial charge in [0.05, 0.1) is 34.4 Å². The van der Waals surface area contributed by atoms with Gasteiger partial charge in [-0.3, -0.25) is 9.52 Å². The molecule has 2 aromatic rings. The Morgan fingerprint density at radius 3 is 2.40 bits per heavy atom. The van der Waals surface area contributed by atoms with Crippen molar-refractivity contribution in [2.24, 2.45) is 0 Å². The number of amides is 1. The first-order chi connectivity index (χ1) is 12.0. The average Bonchev–Trinajstić information content (AvgIpc) is 2.62. The SMILES string of the molecule is O=C(c1ccc(NS(=O)(=O)c2ccccc2)cc1Cl)N1CCOCC1. The third-order valence-corrected chi connectivity index (χ3v) is 5.51. The summed E-state index contributed by atoms with van der Waals surface area (Å²) in [6.45, 7) is 2.02. The number of nitrogens with zero attached hydrogens (tertiary/aromatic N) is 1. The summed E-state index contributed by atoms with van der Waals surface area (Å²) in [5.41, 5.74) is 0.638. The molecule has 1 amide bonds. The second-order valence-corrected chi connectivity index (χ2v) is 7.61. The lowest BCUT2D eigenvalue weighted by atomic mass is 10.1. The van der Waals surface area contributed by atoms with Crippen molar-refractivity contribution in [3.63, 3.8) is 0 Å². The molecule has 0 aliphatic carbocycles. The molecule has 25 heavy (non-hydrogen) atoms. The summed E-state index contributed by atoms with van der Waals surface area (Å²) in [7, 11) is -3.70. The predicted octanol–water partition coefficient (Wildman–Crippen LogP) is 2.61. The summed E-state index contributed by atoms with van der Waals surface area (Å²) in [6.07, 6.45) is 0. The minimum absolute atomic E-state index is 0.152. The summed E-state index contributed by atoms with van der Waals surface area (Å²) in [5, 5.41) is 0.199. The normalized spacial score (nSPS) is 15.0. The van der Waals surface area contributed by atoms with Crippen LogP contribution in [0.5, 0.6) is 0 Å². The molecule has 0 atom stereocenters. The molecule has 2 aromatic carbocycles. The Labute approximate surface area is 151 Å². The Morgan fingerprint density at radius 1 is 1.08 bits per heavy atom. The maximum atomic E-state index is 12.5. The zero-order valence-corrected chi connectivity index (χ0v) is 14.9. The molecule has 1 aliphatic rings. The van der Waals surface area contributed by atoms with Crippen LogP contribution in [0.3, 0.4) is 0 Å². The first kappa shape index (κ1) is 17.7. The Balaban J connectivity index is 1.79. The van der Waals surface area contributed by atoms with Gasteiger partial charge in [-0.1, -0.05) is 29.8 Å². The standard InChI is InChI=1S/C17H17ClN2O4S/c18-16-12-13(19-25(22,23)14-4-2-1-3-5-14)6-7-15(16)17(21)20-8-10-24-11-9-20/h1-7,12,19H,8-11H2. The number of carbonyl (C=O) groups is 1. The molecule has 0 radical (unpaired) electrons. The molecule has 0 spiro atoms. The molecule has 0 aromatic heterocycles. The van der Waals surface area contributed by atoms with Crippen molar-refractivity contribution >= 4 is 33.2 Å². The Morgan fingerprint density at radius 2 is 1.76 bits per heavy atom. The number of halogens is 1. The second kappa shape index (κ2) is 7.43. The maximum Gasteiger partial charge on any atom is 0.261 e. The van der Waals surface area contributed by atoms with Crippen LogP contribution in [0, 0.1) is 0 Å². The molecule has 6 nitrogen and oxygen atoms in total. The molecule has 0 bridgehead atoms. The number of carbonyl (C=O) groups excluding carboxylic acids is 1. The van der Waals surface area contributed by atoms with Crippen molar-refractivity contribution in [3.05, 3.63) is 59.1 Å². The van der Waals surface area contributed by atoms with E-state index < -0.39 is 10.0 Å². The lowest BCUT2D eigenvalue weighted by molar-refractivity contribution is 0.0303. The first-order valence-electron chi connectivity index (χ1n) is 7.72. The van der Waals surface area contributed by atoms with Gasteiger partial charge in [0.15, 0.2) is 0 Å². The predicted molar refractivity (Wildman–Crippen MR) is 95.4 cm³/mol. The lowest BCUT2D eigenvalue weighted by Gasteiger charge is -2.27. The van der Waals surface area contributed by atoms with E-state index in [1.807, 2.05) is 0 Å². The molecule has 1 fully saturated rings. The largest absolute Gasteiger partial charge is 0.378 e. The van der Waals surface area contributed by atoms with E-state index in [9.17, 15) is 13.2 Å². The van der Waals surface area contributed by atoms with Crippen molar-refractivity contribution in [3.8, 4) is 0 Å². The highest BCUT2D eigenvalue weighted by atomic mass is 35.5. The van der Waals surface area contributed by atoms with E-state index >= 15 is 0 Å². The minimum Gasteiger partial charge on any atom is -0.378 e. The average molecular weight is 381 g/mol. The van der Waals surface area contributed by atoms with Crippen LogP contribution in [-0.4, -0.2) is 45.5 Å². The fourth-order valence-electron chi connectivity index (χ4n) is 2.50. The van der Waals surface area contributed by atoms with Crippen LogP contribution in [0.1, 0.15) is 10.4 Å². The number of ether oxygens (including phenoxy) is 1. The maximum absolute atomic E-state index is 12.5. The molecule has 132 valence electrons. The van der Waals surface area contributed by atoms with Gasteiger partial charge in [0, 0.05) is 13.1 Å². The van der Waals surface area contributed by atoms with E-state index in [1.165, 1.54) is 30.3 Å². The molecular weight excluding hydrogens is 364 g/mol. The lowest BCUT2D eigenvalue weighted by Crippen LogP contribution is -2.40. The molecule has 1 N–H and O–H groups in total. The van der Waals surface area contributed by atoms with E-state index in [1.54, 1.807) is 23.1 Å². The highest BCUT2D eigenvalue weighted by Crippen LogP contribution is 2.24. The van der Waals surface area contributed by atoms with Crippen LogP contribution in [0.4, 0.5) is 5.69 Å². The fraction of sp³-hybridized carbons (Fsp3) is 0.235. The van der Waals surface area contributed by atoms with Crippen molar-refractivity contribution < 1.29 is 17.9 Å². The van der Waals surface area contributed by atoms with Crippen LogP contribution < -0.4 is 4.72 Å². The molecule has 1 saturated heterocycles. The van der Waals surface area contributed by atoms with E-state index in [0.717, 1.165) is 0 Å². The van der Waals surface area contributed by atoms with Gasteiger partial charge < -0.3 is 9.64 Å². The highest BCUT2D eigenvalue weighted by Gasteiger charge is 2.21. The van der Waals surface area contributed by atoms with Gasteiger partial charge in [0.2, 0.25) is 0 Å². The Bertz CT molecular complexity index is 865. The van der Waals surface area contributed by atoms with Crippen LogP contribution in [0.15, 0.2) is 53.4 Å². The van der Waals surface area contributed by atoms with Crippen molar-refractivity contribution in [1.82, 2.24) is 4.90 Å². The summed E-state index contributed by atoms with van der Waals surface area (Å²) in [5.74, 6) is -0.189. The number of hydrogen-bond acceptors (Lipinski definition) is 4. The number of anilines is 1. The Kier molecular flexibility index (Phi) is 5.27. The summed E-state index contributed by atoms with van der Waals surface area (Å²) >= 11 is 6.20. The van der Waals surface area contributed by atoms with Crippen LogP contribution >= 0.6 is 11.6 Å². The van der Waals surface area contributed by atoms with Crippen LogP contribution in [0.2, 0.25) is 5.02 Å². The number of nitrogens with one attached hydrogen (secondary N) is 1. The van der Waals surface area contributed by atoms with Crippen LogP contribution in [-0.2, 0) is 14.8 Å². The quantitative estimate of drug-likeness (QED) is 0.884. The van der Waals surface area contributed by atoms with E-state index in [0.29, 0.717) is 37.6 Å². The first-order valence-corrected chi connectivity index (χ1v) is 9.58. The summed E-state index contributed by atoms with van der Waals surface area (Å²) in [4.78, 5) is 14.3. The van der Waals surface area contributed by atoms with Crippen molar-refractivity contribution in [1.29, 1.82) is 0 Å². The van der Waals surface area contributed by atoms with E-state index in [-0.39, 0.29) is 15.8 Å². The molecule has 0 saturated carbocycles. The number of morpholine rings is 1. The fourth-order valence-corrected chi connectivity index (χ4v) is 3.83. The molecular formula is C17H17ClN2O4S. The van der Waals surface area contributed by atoms with Gasteiger partial charge in [-0.15, -0.1) is 0 Å². The zero-order chi connectivity index (χ0) is 17.9.